The highest BCUT2D eigenvalue weighted by atomic mass is 35.5. The van der Waals surface area contributed by atoms with Crippen LogP contribution in [0.4, 0.5) is 0 Å². The van der Waals surface area contributed by atoms with Crippen LogP contribution in [0.15, 0.2) is 91.0 Å². The molecule has 5 heteroatoms. The number of cyclic esters (lactones) is 1. The second-order valence-electron chi connectivity index (χ2n) is 7.58. The van der Waals surface area contributed by atoms with Crippen LogP contribution in [0, 0.1) is 0 Å². The lowest BCUT2D eigenvalue weighted by Crippen LogP contribution is -2.56. The van der Waals surface area contributed by atoms with Gasteiger partial charge in [0.05, 0.1) is 0 Å². The smallest absolute Gasteiger partial charge is 0.332 e. The van der Waals surface area contributed by atoms with Crippen molar-refractivity contribution in [2.45, 2.75) is 18.4 Å². The zero-order valence-corrected chi connectivity index (χ0v) is 17.6. The number of amides is 1. The van der Waals surface area contributed by atoms with Crippen molar-refractivity contribution in [3.05, 3.63) is 113 Å². The average molecular weight is 432 g/mol. The number of ether oxygens (including phenoxy) is 1. The van der Waals surface area contributed by atoms with E-state index in [1.807, 2.05) is 66.7 Å². The van der Waals surface area contributed by atoms with Gasteiger partial charge in [0.1, 0.15) is 12.1 Å². The van der Waals surface area contributed by atoms with Crippen molar-refractivity contribution in [1.29, 1.82) is 0 Å². The van der Waals surface area contributed by atoms with Crippen molar-refractivity contribution in [3.8, 4) is 0 Å². The fourth-order valence-electron chi connectivity index (χ4n) is 3.70. The summed E-state index contributed by atoms with van der Waals surface area (Å²) in [5.74, 6) is -0.790. The van der Waals surface area contributed by atoms with E-state index in [9.17, 15) is 9.59 Å². The van der Waals surface area contributed by atoms with E-state index in [-0.39, 0.29) is 12.5 Å². The largest absolute Gasteiger partial charge is 0.459 e. The summed E-state index contributed by atoms with van der Waals surface area (Å²) in [4.78, 5) is 26.3. The minimum atomic E-state index is -1.21. The van der Waals surface area contributed by atoms with E-state index >= 15 is 0 Å². The average Bonchev–Trinajstić information content (AvgIpc) is 2.95. The molecule has 4 nitrogen and oxygen atoms in total. The SMILES string of the molecule is O=C(N[C@]1(Cc2ccccc2)CC=C(c2ccccc2)COC1=O)c1ccc(Cl)cc1. The maximum absolute atomic E-state index is 13.2. The molecule has 0 bridgehead atoms. The second-order valence-corrected chi connectivity index (χ2v) is 8.02. The number of benzene rings is 3. The second kappa shape index (κ2) is 9.19. The van der Waals surface area contributed by atoms with Gasteiger partial charge in [-0.25, -0.2) is 4.79 Å². The van der Waals surface area contributed by atoms with Gasteiger partial charge in [0, 0.05) is 23.4 Å². The topological polar surface area (TPSA) is 55.4 Å². The van der Waals surface area contributed by atoms with Gasteiger partial charge in [-0.2, -0.15) is 0 Å². The lowest BCUT2D eigenvalue weighted by Gasteiger charge is -2.31. The molecule has 156 valence electrons. The van der Waals surface area contributed by atoms with Gasteiger partial charge in [-0.3, -0.25) is 4.79 Å². The Kier molecular flexibility index (Phi) is 6.19. The van der Waals surface area contributed by atoms with Crippen LogP contribution in [0.2, 0.25) is 5.02 Å². The van der Waals surface area contributed by atoms with Crippen LogP contribution < -0.4 is 5.32 Å². The first-order chi connectivity index (χ1) is 15.1. The molecular weight excluding hydrogens is 410 g/mol. The van der Waals surface area contributed by atoms with Crippen molar-refractivity contribution in [2.75, 3.05) is 6.61 Å². The summed E-state index contributed by atoms with van der Waals surface area (Å²) >= 11 is 5.95. The summed E-state index contributed by atoms with van der Waals surface area (Å²) in [6.45, 7) is 0.163. The highest BCUT2D eigenvalue weighted by Crippen LogP contribution is 2.28. The van der Waals surface area contributed by atoms with Crippen LogP contribution in [0.3, 0.4) is 0 Å². The first-order valence-electron chi connectivity index (χ1n) is 10.1. The molecular formula is C26H22ClNO3. The molecule has 0 fully saturated rings. The number of hydrogen-bond donors (Lipinski definition) is 1. The standard InChI is InChI=1S/C26H22ClNO3/c27-23-13-11-21(12-14-23)24(29)28-26(17-19-7-3-1-4-8-19)16-15-22(18-31-25(26)30)20-9-5-2-6-10-20/h1-15H,16-18H2,(H,28,29)/t26-/m0/s1. The molecule has 1 N–H and O–H groups in total. The Morgan fingerprint density at radius 2 is 1.58 bits per heavy atom. The van der Waals surface area contributed by atoms with E-state index in [1.54, 1.807) is 24.3 Å². The van der Waals surface area contributed by atoms with E-state index in [1.165, 1.54) is 0 Å². The lowest BCUT2D eigenvalue weighted by molar-refractivity contribution is -0.149. The molecule has 0 unspecified atom stereocenters. The maximum Gasteiger partial charge on any atom is 0.332 e. The van der Waals surface area contributed by atoms with E-state index < -0.39 is 11.5 Å². The minimum Gasteiger partial charge on any atom is -0.459 e. The molecule has 0 saturated carbocycles. The van der Waals surface area contributed by atoms with Gasteiger partial charge < -0.3 is 10.1 Å². The highest BCUT2D eigenvalue weighted by molar-refractivity contribution is 6.30. The zero-order valence-electron chi connectivity index (χ0n) is 16.9. The first-order valence-corrected chi connectivity index (χ1v) is 10.5. The molecule has 0 aromatic heterocycles. The van der Waals surface area contributed by atoms with Gasteiger partial charge >= 0.3 is 5.97 Å². The van der Waals surface area contributed by atoms with Gasteiger partial charge in [0.25, 0.3) is 5.91 Å². The van der Waals surface area contributed by atoms with Gasteiger partial charge in [-0.15, -0.1) is 0 Å². The minimum absolute atomic E-state index is 0.163. The predicted octanol–water partition coefficient (Wildman–Crippen LogP) is 5.08. The Morgan fingerprint density at radius 1 is 0.935 bits per heavy atom. The molecule has 0 radical (unpaired) electrons. The van der Waals surface area contributed by atoms with Crippen molar-refractivity contribution in [2.24, 2.45) is 0 Å². The van der Waals surface area contributed by atoms with Crippen LogP contribution in [0.5, 0.6) is 0 Å². The summed E-state index contributed by atoms with van der Waals surface area (Å²) in [5, 5.41) is 3.52. The summed E-state index contributed by atoms with van der Waals surface area (Å²) in [6, 6.07) is 26.0. The third kappa shape index (κ3) is 4.86. The molecule has 0 spiro atoms. The summed E-state index contributed by atoms with van der Waals surface area (Å²) in [7, 11) is 0. The van der Waals surface area contributed by atoms with Gasteiger partial charge in [-0.05, 0) is 41.0 Å². The van der Waals surface area contributed by atoms with Crippen LogP contribution in [0.1, 0.15) is 27.9 Å². The van der Waals surface area contributed by atoms with E-state index in [4.69, 9.17) is 16.3 Å². The Bertz CT molecular complexity index is 1090. The molecule has 1 aliphatic heterocycles. The van der Waals surface area contributed by atoms with Crippen molar-refractivity contribution in [1.82, 2.24) is 5.32 Å². The third-order valence-electron chi connectivity index (χ3n) is 5.40. The maximum atomic E-state index is 13.2. The fourth-order valence-corrected chi connectivity index (χ4v) is 3.83. The number of carbonyl (C=O) groups is 2. The molecule has 0 saturated heterocycles. The van der Waals surface area contributed by atoms with Crippen LogP contribution in [-0.2, 0) is 16.0 Å². The van der Waals surface area contributed by atoms with Crippen LogP contribution in [-0.4, -0.2) is 24.0 Å². The summed E-state index contributed by atoms with van der Waals surface area (Å²) in [6.07, 6.45) is 2.64. The zero-order chi connectivity index (χ0) is 21.7. The van der Waals surface area contributed by atoms with E-state index in [0.717, 1.165) is 16.7 Å². The Labute approximate surface area is 186 Å². The number of rotatable bonds is 5. The normalized spacial score (nSPS) is 18.5. The summed E-state index contributed by atoms with van der Waals surface area (Å²) < 4.78 is 5.67. The molecule has 1 aliphatic rings. The first kappa shape index (κ1) is 20.9. The van der Waals surface area contributed by atoms with Crippen molar-refractivity contribution >= 4 is 29.1 Å². The van der Waals surface area contributed by atoms with E-state index in [0.29, 0.717) is 23.4 Å². The third-order valence-corrected chi connectivity index (χ3v) is 5.65. The number of nitrogens with one attached hydrogen (secondary N) is 1. The van der Waals surface area contributed by atoms with Gasteiger partial charge in [0.2, 0.25) is 0 Å². The summed E-state index contributed by atoms with van der Waals surface area (Å²) in [5.41, 5.74) is 2.07. The van der Waals surface area contributed by atoms with Gasteiger partial charge in [0.15, 0.2) is 0 Å². The quantitative estimate of drug-likeness (QED) is 0.573. The molecule has 1 heterocycles. The van der Waals surface area contributed by atoms with Crippen molar-refractivity contribution in [3.63, 3.8) is 0 Å². The molecule has 1 amide bonds. The number of carbonyl (C=O) groups excluding carboxylic acids is 2. The van der Waals surface area contributed by atoms with Gasteiger partial charge in [-0.1, -0.05) is 78.3 Å². The molecule has 1 atom stereocenters. The fraction of sp³-hybridized carbons (Fsp3) is 0.154. The van der Waals surface area contributed by atoms with E-state index in [2.05, 4.69) is 5.32 Å². The molecule has 4 rings (SSSR count). The number of hydrogen-bond acceptors (Lipinski definition) is 3. The Hall–Kier alpha value is -3.37. The van der Waals surface area contributed by atoms with Crippen molar-refractivity contribution < 1.29 is 14.3 Å². The lowest BCUT2D eigenvalue weighted by atomic mass is 9.86. The predicted molar refractivity (Wildman–Crippen MR) is 122 cm³/mol. The molecule has 3 aromatic rings. The number of halogens is 1. The Balaban J connectivity index is 1.68. The monoisotopic (exact) mass is 431 g/mol. The Morgan fingerprint density at radius 3 is 2.26 bits per heavy atom. The number of esters is 1. The highest BCUT2D eigenvalue weighted by Gasteiger charge is 2.42. The van der Waals surface area contributed by atoms with Crippen LogP contribution >= 0.6 is 11.6 Å². The van der Waals surface area contributed by atoms with Crippen LogP contribution in [0.25, 0.3) is 5.57 Å². The molecule has 31 heavy (non-hydrogen) atoms. The molecule has 0 aliphatic carbocycles. The molecule has 3 aromatic carbocycles.